The molecule has 0 aromatic rings. The fraction of sp³-hybridized carbons (Fsp3) is 1.00. The molecule has 1 heteroatoms. The third-order valence-corrected chi connectivity index (χ3v) is 3.02. The molecule has 0 spiro atoms. The predicted octanol–water partition coefficient (Wildman–Crippen LogP) is 1.25. The lowest BCUT2D eigenvalue weighted by atomic mass is 10.1. The second-order valence-corrected chi connectivity index (χ2v) is 3.48. The Bertz CT molecular complexity index is 101. The molecule has 52 valence electrons. The van der Waals surface area contributed by atoms with Crippen LogP contribution in [0, 0.1) is 17.8 Å². The molecule has 0 heterocycles. The van der Waals surface area contributed by atoms with E-state index in [0.29, 0.717) is 0 Å². The van der Waals surface area contributed by atoms with Gasteiger partial charge in [0, 0.05) is 0 Å². The van der Waals surface area contributed by atoms with Crippen LogP contribution in [0.3, 0.4) is 0 Å². The highest BCUT2D eigenvalue weighted by Crippen LogP contribution is 2.56. The van der Waals surface area contributed by atoms with Gasteiger partial charge < -0.3 is 5.32 Å². The Hall–Kier alpha value is -0.0400. The molecule has 9 heavy (non-hydrogen) atoms. The lowest BCUT2D eigenvalue weighted by Gasteiger charge is -1.99. The second kappa shape index (κ2) is 1.98. The third-order valence-electron chi connectivity index (χ3n) is 3.02. The molecule has 0 aromatic carbocycles. The van der Waals surface area contributed by atoms with Crippen molar-refractivity contribution < 1.29 is 0 Å². The van der Waals surface area contributed by atoms with Crippen molar-refractivity contribution in [1.82, 2.24) is 5.32 Å². The zero-order chi connectivity index (χ0) is 6.27. The van der Waals surface area contributed by atoms with Gasteiger partial charge in [0.2, 0.25) is 0 Å². The Morgan fingerprint density at radius 2 is 2.00 bits per heavy atom. The minimum atomic E-state index is 1.07. The van der Waals surface area contributed by atoms with Crippen LogP contribution >= 0.6 is 0 Å². The first-order valence-corrected chi connectivity index (χ1v) is 4.08. The fourth-order valence-electron chi connectivity index (χ4n) is 2.51. The van der Waals surface area contributed by atoms with Gasteiger partial charge in [-0.1, -0.05) is 6.42 Å². The highest BCUT2D eigenvalue weighted by molar-refractivity contribution is 5.01. The van der Waals surface area contributed by atoms with Gasteiger partial charge >= 0.3 is 0 Å². The summed E-state index contributed by atoms with van der Waals surface area (Å²) in [7, 11) is 2.06. The number of hydrogen-bond acceptors (Lipinski definition) is 1. The summed E-state index contributed by atoms with van der Waals surface area (Å²) >= 11 is 0. The maximum atomic E-state index is 3.26. The van der Waals surface area contributed by atoms with Crippen LogP contribution in [0.5, 0.6) is 0 Å². The van der Waals surface area contributed by atoms with Gasteiger partial charge in [-0.25, -0.2) is 0 Å². The van der Waals surface area contributed by atoms with Gasteiger partial charge in [-0.05, 0) is 44.2 Å². The molecule has 2 aliphatic carbocycles. The van der Waals surface area contributed by atoms with Crippen molar-refractivity contribution in [2.24, 2.45) is 17.8 Å². The van der Waals surface area contributed by atoms with Crippen LogP contribution in [0.1, 0.15) is 19.3 Å². The monoisotopic (exact) mass is 125 g/mol. The Kier molecular flexibility index (Phi) is 1.26. The largest absolute Gasteiger partial charge is 0.319 e. The Labute approximate surface area is 56.8 Å². The molecule has 0 amide bonds. The van der Waals surface area contributed by atoms with E-state index in [2.05, 4.69) is 12.4 Å². The smallest absolute Gasteiger partial charge is 0.00180 e. The van der Waals surface area contributed by atoms with Crippen LogP contribution in [-0.2, 0) is 0 Å². The van der Waals surface area contributed by atoms with E-state index >= 15 is 0 Å². The Morgan fingerprint density at radius 3 is 2.56 bits per heavy atom. The number of hydrogen-bond donors (Lipinski definition) is 1. The standard InChI is InChI=1S/C8H15N/c1-9-5-8-6-3-2-4-7(6)8/h6-9H,2-5H2,1H3. The van der Waals surface area contributed by atoms with E-state index in [4.69, 9.17) is 0 Å². The summed E-state index contributed by atoms with van der Waals surface area (Å²) in [6.45, 7) is 1.27. The fourth-order valence-corrected chi connectivity index (χ4v) is 2.51. The molecule has 0 aliphatic heterocycles. The molecule has 0 bridgehead atoms. The van der Waals surface area contributed by atoms with Crippen LogP contribution < -0.4 is 5.32 Å². The van der Waals surface area contributed by atoms with E-state index in [1.165, 1.54) is 25.8 Å². The minimum Gasteiger partial charge on any atom is -0.319 e. The first-order valence-electron chi connectivity index (χ1n) is 4.08. The first kappa shape index (κ1) is 5.72. The normalized spacial score (nSPS) is 47.0. The average molecular weight is 125 g/mol. The SMILES string of the molecule is CNCC1C2CCCC21. The molecule has 1 nitrogen and oxygen atoms in total. The molecule has 0 radical (unpaired) electrons. The van der Waals surface area contributed by atoms with Crippen molar-refractivity contribution in [2.75, 3.05) is 13.6 Å². The molecule has 1 N–H and O–H groups in total. The van der Waals surface area contributed by atoms with Crippen LogP contribution in [0.4, 0.5) is 0 Å². The number of fused-ring (bicyclic) bond motifs is 1. The predicted molar refractivity (Wildman–Crippen MR) is 38.2 cm³/mol. The number of rotatable bonds is 2. The summed E-state index contributed by atoms with van der Waals surface area (Å²) < 4.78 is 0. The van der Waals surface area contributed by atoms with E-state index in [-0.39, 0.29) is 0 Å². The molecule has 2 saturated carbocycles. The second-order valence-electron chi connectivity index (χ2n) is 3.48. The van der Waals surface area contributed by atoms with Gasteiger partial charge in [-0.3, -0.25) is 0 Å². The van der Waals surface area contributed by atoms with E-state index in [1.807, 2.05) is 0 Å². The van der Waals surface area contributed by atoms with Crippen LogP contribution in [0.15, 0.2) is 0 Å². The minimum absolute atomic E-state index is 1.07. The van der Waals surface area contributed by atoms with E-state index in [1.54, 1.807) is 0 Å². The Morgan fingerprint density at radius 1 is 1.33 bits per heavy atom. The summed E-state index contributed by atoms with van der Waals surface area (Å²) in [5, 5.41) is 3.26. The van der Waals surface area contributed by atoms with Gasteiger partial charge in [-0.2, -0.15) is 0 Å². The molecule has 2 unspecified atom stereocenters. The van der Waals surface area contributed by atoms with Crippen LogP contribution in [0.25, 0.3) is 0 Å². The third kappa shape index (κ3) is 0.787. The molecule has 0 saturated heterocycles. The zero-order valence-electron chi connectivity index (χ0n) is 6.06. The molecular weight excluding hydrogens is 110 g/mol. The first-order chi connectivity index (χ1) is 4.43. The molecule has 2 atom stereocenters. The van der Waals surface area contributed by atoms with Crippen LogP contribution in [0.2, 0.25) is 0 Å². The maximum absolute atomic E-state index is 3.26. The Balaban J connectivity index is 1.81. The van der Waals surface area contributed by atoms with Gasteiger partial charge in [0.25, 0.3) is 0 Å². The molecule has 2 rings (SSSR count). The van der Waals surface area contributed by atoms with Crippen molar-refractivity contribution in [3.63, 3.8) is 0 Å². The summed E-state index contributed by atoms with van der Waals surface area (Å²) in [5.41, 5.74) is 0. The summed E-state index contributed by atoms with van der Waals surface area (Å²) in [6, 6.07) is 0. The zero-order valence-corrected chi connectivity index (χ0v) is 6.06. The van der Waals surface area contributed by atoms with Gasteiger partial charge in [0.05, 0.1) is 0 Å². The quantitative estimate of drug-likeness (QED) is 0.585. The molecule has 2 aliphatic rings. The highest BCUT2D eigenvalue weighted by Gasteiger charge is 2.51. The topological polar surface area (TPSA) is 12.0 Å². The average Bonchev–Trinajstić information content (AvgIpc) is 2.39. The van der Waals surface area contributed by atoms with Crippen molar-refractivity contribution in [3.8, 4) is 0 Å². The van der Waals surface area contributed by atoms with E-state index in [9.17, 15) is 0 Å². The van der Waals surface area contributed by atoms with Crippen molar-refractivity contribution in [3.05, 3.63) is 0 Å². The van der Waals surface area contributed by atoms with Crippen molar-refractivity contribution >= 4 is 0 Å². The van der Waals surface area contributed by atoms with Gasteiger partial charge in [0.1, 0.15) is 0 Å². The number of nitrogens with one attached hydrogen (secondary N) is 1. The van der Waals surface area contributed by atoms with Gasteiger partial charge in [0.15, 0.2) is 0 Å². The van der Waals surface area contributed by atoms with Crippen LogP contribution in [-0.4, -0.2) is 13.6 Å². The summed E-state index contributed by atoms with van der Waals surface area (Å²) in [6.07, 6.45) is 4.56. The summed E-state index contributed by atoms with van der Waals surface area (Å²) in [5.74, 6) is 3.35. The van der Waals surface area contributed by atoms with E-state index in [0.717, 1.165) is 17.8 Å². The lowest BCUT2D eigenvalue weighted by molar-refractivity contribution is 0.560. The highest BCUT2D eigenvalue weighted by atomic mass is 14.8. The lowest BCUT2D eigenvalue weighted by Crippen LogP contribution is -2.12. The maximum Gasteiger partial charge on any atom is -0.00180 e. The van der Waals surface area contributed by atoms with E-state index < -0.39 is 0 Å². The molecular formula is C8H15N. The van der Waals surface area contributed by atoms with Crippen molar-refractivity contribution in [1.29, 1.82) is 0 Å². The van der Waals surface area contributed by atoms with Crippen molar-refractivity contribution in [2.45, 2.75) is 19.3 Å². The van der Waals surface area contributed by atoms with Gasteiger partial charge in [-0.15, -0.1) is 0 Å². The molecule has 2 fully saturated rings. The summed E-state index contributed by atoms with van der Waals surface area (Å²) in [4.78, 5) is 0. The molecule has 0 aromatic heterocycles.